The molecule has 0 spiro atoms. The van der Waals surface area contributed by atoms with Crippen molar-refractivity contribution in [2.75, 3.05) is 0 Å². The van der Waals surface area contributed by atoms with Crippen molar-refractivity contribution in [2.24, 2.45) is 0 Å². The zero-order valence-corrected chi connectivity index (χ0v) is 6.92. The summed E-state index contributed by atoms with van der Waals surface area (Å²) in [7, 11) is 0. The fraction of sp³-hybridized carbons (Fsp3) is 0. The van der Waals surface area contributed by atoms with Crippen LogP contribution in [0.2, 0.25) is 5.02 Å². The van der Waals surface area contributed by atoms with Crippen molar-refractivity contribution in [2.45, 2.75) is 0 Å². The number of rotatable bonds is 0. The van der Waals surface area contributed by atoms with Gasteiger partial charge in [0.25, 0.3) is 0 Å². The van der Waals surface area contributed by atoms with Crippen molar-refractivity contribution in [1.29, 1.82) is 0 Å². The van der Waals surface area contributed by atoms with Crippen LogP contribution in [0, 0.1) is 5.82 Å². The number of halogens is 2. The standard InChI is InChI=1S/C7H3ClFNS/c8-6-5(9)2-1-4-3-10-11-7(4)6/h1-3H. The average Bonchev–Trinajstić information content (AvgIpc) is 2.45. The maximum atomic E-state index is 12.8. The Morgan fingerprint density at radius 2 is 2.27 bits per heavy atom. The fourth-order valence-electron chi connectivity index (χ4n) is 0.877. The van der Waals surface area contributed by atoms with E-state index in [0.29, 0.717) is 4.70 Å². The third kappa shape index (κ3) is 1.01. The molecule has 4 heteroatoms. The molecule has 0 aliphatic heterocycles. The number of benzene rings is 1. The van der Waals surface area contributed by atoms with E-state index < -0.39 is 0 Å². The molecular formula is C7H3ClFNS. The van der Waals surface area contributed by atoms with Crippen LogP contribution in [0.4, 0.5) is 4.39 Å². The molecule has 1 aromatic carbocycles. The molecule has 1 aromatic heterocycles. The summed E-state index contributed by atoms with van der Waals surface area (Å²) in [5.74, 6) is -0.386. The molecule has 2 rings (SSSR count). The van der Waals surface area contributed by atoms with E-state index in [1.165, 1.54) is 17.6 Å². The molecule has 11 heavy (non-hydrogen) atoms. The smallest absolute Gasteiger partial charge is 0.143 e. The first-order valence-corrected chi connectivity index (χ1v) is 4.12. The number of hydrogen-bond donors (Lipinski definition) is 0. The summed E-state index contributed by atoms with van der Waals surface area (Å²) in [5.41, 5.74) is 0. The minimum atomic E-state index is -0.386. The molecule has 0 saturated carbocycles. The summed E-state index contributed by atoms with van der Waals surface area (Å²) in [6.45, 7) is 0. The van der Waals surface area contributed by atoms with Crippen LogP contribution < -0.4 is 0 Å². The van der Waals surface area contributed by atoms with Gasteiger partial charge in [0.1, 0.15) is 5.82 Å². The van der Waals surface area contributed by atoms with E-state index in [0.717, 1.165) is 5.39 Å². The van der Waals surface area contributed by atoms with Crippen molar-refractivity contribution in [3.05, 3.63) is 29.2 Å². The Morgan fingerprint density at radius 3 is 3.09 bits per heavy atom. The maximum Gasteiger partial charge on any atom is 0.143 e. The van der Waals surface area contributed by atoms with Crippen molar-refractivity contribution in [1.82, 2.24) is 4.37 Å². The first-order chi connectivity index (χ1) is 5.29. The van der Waals surface area contributed by atoms with E-state index in [1.807, 2.05) is 0 Å². The van der Waals surface area contributed by atoms with Crippen LogP contribution in [0.3, 0.4) is 0 Å². The predicted molar refractivity (Wildman–Crippen MR) is 44.6 cm³/mol. The number of nitrogens with zero attached hydrogens (tertiary/aromatic N) is 1. The third-order valence-corrected chi connectivity index (χ3v) is 2.73. The molecule has 1 heterocycles. The van der Waals surface area contributed by atoms with Crippen LogP contribution >= 0.6 is 23.1 Å². The normalized spacial score (nSPS) is 10.7. The van der Waals surface area contributed by atoms with E-state index in [4.69, 9.17) is 11.6 Å². The van der Waals surface area contributed by atoms with Crippen LogP contribution in [0.5, 0.6) is 0 Å². The van der Waals surface area contributed by atoms with Gasteiger partial charge in [-0.25, -0.2) is 4.39 Å². The molecule has 0 N–H and O–H groups in total. The van der Waals surface area contributed by atoms with Crippen molar-refractivity contribution >= 4 is 33.2 Å². The number of hydrogen-bond acceptors (Lipinski definition) is 2. The van der Waals surface area contributed by atoms with E-state index in [2.05, 4.69) is 4.37 Å². The van der Waals surface area contributed by atoms with Gasteiger partial charge in [-0.1, -0.05) is 11.6 Å². The summed E-state index contributed by atoms with van der Waals surface area (Å²) in [6.07, 6.45) is 1.67. The second-order valence-corrected chi connectivity index (χ2v) is 3.29. The Balaban J connectivity index is 2.93. The first kappa shape index (κ1) is 7.00. The van der Waals surface area contributed by atoms with E-state index >= 15 is 0 Å². The monoisotopic (exact) mass is 187 g/mol. The molecule has 1 nitrogen and oxygen atoms in total. The largest absolute Gasteiger partial charge is 0.205 e. The van der Waals surface area contributed by atoms with Crippen LogP contribution in [0.1, 0.15) is 0 Å². The zero-order valence-electron chi connectivity index (χ0n) is 5.34. The Labute approximate surface area is 71.6 Å². The molecule has 0 fully saturated rings. The van der Waals surface area contributed by atoms with Gasteiger partial charge in [0.05, 0.1) is 9.72 Å². The lowest BCUT2D eigenvalue weighted by atomic mass is 10.3. The fourth-order valence-corrected chi connectivity index (χ4v) is 1.83. The molecule has 56 valence electrons. The minimum Gasteiger partial charge on any atom is -0.205 e. The molecule has 0 radical (unpaired) electrons. The van der Waals surface area contributed by atoms with Crippen molar-refractivity contribution in [3.8, 4) is 0 Å². The van der Waals surface area contributed by atoms with Crippen molar-refractivity contribution in [3.63, 3.8) is 0 Å². The van der Waals surface area contributed by atoms with Crippen molar-refractivity contribution < 1.29 is 4.39 Å². The highest BCUT2D eigenvalue weighted by atomic mass is 35.5. The van der Waals surface area contributed by atoms with Crippen LogP contribution in [0.25, 0.3) is 10.1 Å². The third-order valence-electron chi connectivity index (χ3n) is 1.42. The molecule has 0 atom stereocenters. The lowest BCUT2D eigenvalue weighted by Crippen LogP contribution is -1.73. The SMILES string of the molecule is Fc1ccc2cnsc2c1Cl. The second kappa shape index (κ2) is 2.43. The van der Waals surface area contributed by atoms with Gasteiger partial charge in [0.2, 0.25) is 0 Å². The molecule has 0 aliphatic rings. The number of aromatic nitrogens is 1. The summed E-state index contributed by atoms with van der Waals surface area (Å²) >= 11 is 6.87. The van der Waals surface area contributed by atoms with E-state index in [-0.39, 0.29) is 10.8 Å². The molecule has 0 bridgehead atoms. The molecule has 0 saturated heterocycles. The van der Waals surface area contributed by atoms with Gasteiger partial charge in [-0.3, -0.25) is 0 Å². The van der Waals surface area contributed by atoms with Crippen LogP contribution in [0.15, 0.2) is 18.3 Å². The highest BCUT2D eigenvalue weighted by Crippen LogP contribution is 2.28. The van der Waals surface area contributed by atoms with Gasteiger partial charge in [-0.15, -0.1) is 0 Å². The molecule has 2 aromatic rings. The average molecular weight is 188 g/mol. The Bertz CT molecular complexity index is 398. The van der Waals surface area contributed by atoms with E-state index in [9.17, 15) is 4.39 Å². The molecular weight excluding hydrogens is 185 g/mol. The summed E-state index contributed by atoms with van der Waals surface area (Å²) in [6, 6.07) is 3.01. The summed E-state index contributed by atoms with van der Waals surface area (Å²) < 4.78 is 17.4. The van der Waals surface area contributed by atoms with E-state index in [1.54, 1.807) is 12.3 Å². The quantitative estimate of drug-likeness (QED) is 0.618. The second-order valence-electron chi connectivity index (χ2n) is 2.11. The number of fused-ring (bicyclic) bond motifs is 1. The van der Waals surface area contributed by atoms with Gasteiger partial charge in [-0.05, 0) is 23.7 Å². The van der Waals surface area contributed by atoms with Gasteiger partial charge in [-0.2, -0.15) is 4.37 Å². The van der Waals surface area contributed by atoms with Gasteiger partial charge < -0.3 is 0 Å². The lowest BCUT2D eigenvalue weighted by Gasteiger charge is -1.92. The van der Waals surface area contributed by atoms with Crippen LogP contribution in [-0.4, -0.2) is 4.37 Å². The summed E-state index contributed by atoms with van der Waals surface area (Å²) in [5, 5.41) is 1.06. The van der Waals surface area contributed by atoms with Gasteiger partial charge in [0, 0.05) is 11.6 Å². The molecule has 0 amide bonds. The Kier molecular flexibility index (Phi) is 1.55. The predicted octanol–water partition coefficient (Wildman–Crippen LogP) is 3.09. The topological polar surface area (TPSA) is 12.9 Å². The zero-order chi connectivity index (χ0) is 7.84. The molecule has 0 aliphatic carbocycles. The van der Waals surface area contributed by atoms with Gasteiger partial charge in [0.15, 0.2) is 0 Å². The van der Waals surface area contributed by atoms with Crippen LogP contribution in [-0.2, 0) is 0 Å². The Morgan fingerprint density at radius 1 is 1.45 bits per heavy atom. The summed E-state index contributed by atoms with van der Waals surface area (Å²) in [4.78, 5) is 0. The Hall–Kier alpha value is -0.670. The first-order valence-electron chi connectivity index (χ1n) is 2.97. The highest BCUT2D eigenvalue weighted by molar-refractivity contribution is 7.14. The maximum absolute atomic E-state index is 12.8. The minimum absolute atomic E-state index is 0.171. The highest BCUT2D eigenvalue weighted by Gasteiger charge is 2.05. The van der Waals surface area contributed by atoms with Gasteiger partial charge >= 0.3 is 0 Å². The lowest BCUT2D eigenvalue weighted by molar-refractivity contribution is 0.630. The molecule has 0 unspecified atom stereocenters.